The zero-order valence-corrected chi connectivity index (χ0v) is 12.3. The third-order valence-corrected chi connectivity index (χ3v) is 3.49. The Kier molecular flexibility index (Phi) is 4.32. The lowest BCUT2D eigenvalue weighted by Crippen LogP contribution is -2.07. The number of pyridine rings is 1. The molecule has 0 bridgehead atoms. The number of aliphatic hydroxyl groups excluding tert-OH is 1. The zero-order chi connectivity index (χ0) is 15.6. The second-order valence-corrected chi connectivity index (χ2v) is 5.01. The van der Waals surface area contributed by atoms with E-state index in [4.69, 9.17) is 0 Å². The van der Waals surface area contributed by atoms with Crippen molar-refractivity contribution in [2.24, 2.45) is 0 Å². The van der Waals surface area contributed by atoms with Crippen molar-refractivity contribution in [3.8, 4) is 0 Å². The molecule has 112 valence electrons. The minimum atomic E-state index is -0.542. The van der Waals surface area contributed by atoms with Gasteiger partial charge in [-0.3, -0.25) is 19.8 Å². The highest BCUT2D eigenvalue weighted by molar-refractivity contribution is 5.47. The highest BCUT2D eigenvalue weighted by atomic mass is 16.6. The number of nitrogens with zero attached hydrogens (tertiary/aromatic N) is 4. The Bertz CT molecular complexity index is 666. The lowest BCUT2D eigenvalue weighted by Gasteiger charge is -2.08. The van der Waals surface area contributed by atoms with E-state index < -0.39 is 6.10 Å². The van der Waals surface area contributed by atoms with Gasteiger partial charge in [0, 0.05) is 23.5 Å². The lowest BCUT2D eigenvalue weighted by molar-refractivity contribution is -0.386. The van der Waals surface area contributed by atoms with Gasteiger partial charge in [-0.15, -0.1) is 0 Å². The van der Waals surface area contributed by atoms with E-state index in [1.54, 1.807) is 30.9 Å². The smallest absolute Gasteiger partial charge is 0.278 e. The minimum absolute atomic E-state index is 0.0981. The molecule has 0 saturated heterocycles. The predicted octanol–water partition coefficient (Wildman–Crippen LogP) is 2.29. The summed E-state index contributed by atoms with van der Waals surface area (Å²) in [7, 11) is 0. The average Bonchev–Trinajstić information content (AvgIpc) is 2.89. The molecule has 0 aliphatic carbocycles. The van der Waals surface area contributed by atoms with E-state index in [0.717, 1.165) is 5.56 Å². The molecule has 2 heterocycles. The first kappa shape index (κ1) is 15.1. The van der Waals surface area contributed by atoms with E-state index in [0.29, 0.717) is 29.8 Å². The van der Waals surface area contributed by atoms with Crippen molar-refractivity contribution in [1.82, 2.24) is 14.8 Å². The fourth-order valence-corrected chi connectivity index (χ4v) is 2.23. The highest BCUT2D eigenvalue weighted by Crippen LogP contribution is 2.24. The van der Waals surface area contributed by atoms with Crippen molar-refractivity contribution < 1.29 is 10.0 Å². The number of rotatable bonds is 5. The van der Waals surface area contributed by atoms with Crippen molar-refractivity contribution >= 4 is 5.69 Å². The molecule has 0 aromatic carbocycles. The van der Waals surface area contributed by atoms with Crippen molar-refractivity contribution in [2.75, 3.05) is 0 Å². The topological polar surface area (TPSA) is 94.1 Å². The van der Waals surface area contributed by atoms with E-state index in [-0.39, 0.29) is 10.6 Å². The Balaban J connectivity index is 2.30. The van der Waals surface area contributed by atoms with Crippen molar-refractivity contribution in [1.29, 1.82) is 0 Å². The molecule has 21 heavy (non-hydrogen) atoms. The van der Waals surface area contributed by atoms with Crippen LogP contribution in [0, 0.1) is 24.0 Å². The molecule has 0 saturated carbocycles. The van der Waals surface area contributed by atoms with Gasteiger partial charge in [0.15, 0.2) is 0 Å². The van der Waals surface area contributed by atoms with Gasteiger partial charge in [0.2, 0.25) is 0 Å². The van der Waals surface area contributed by atoms with Crippen LogP contribution in [0.4, 0.5) is 5.69 Å². The van der Waals surface area contributed by atoms with Crippen LogP contribution in [0.3, 0.4) is 0 Å². The van der Waals surface area contributed by atoms with Crippen LogP contribution in [0.2, 0.25) is 0 Å². The van der Waals surface area contributed by atoms with Crippen LogP contribution in [-0.2, 0) is 6.54 Å². The Morgan fingerprint density at radius 1 is 1.43 bits per heavy atom. The Morgan fingerprint density at radius 2 is 2.14 bits per heavy atom. The van der Waals surface area contributed by atoms with Crippen molar-refractivity contribution in [2.45, 2.75) is 39.8 Å². The number of aromatic nitrogens is 3. The summed E-state index contributed by atoms with van der Waals surface area (Å²) in [5.74, 6) is 0. The average molecular weight is 290 g/mol. The summed E-state index contributed by atoms with van der Waals surface area (Å²) in [5, 5.41) is 25.0. The SMILES string of the molecule is CCC(O)c1cnn(Cc2ncc(C)c([N+](=O)[O-])c2C)c1. The van der Waals surface area contributed by atoms with Gasteiger partial charge in [0.25, 0.3) is 5.69 Å². The fraction of sp³-hybridized carbons (Fsp3) is 0.429. The summed E-state index contributed by atoms with van der Waals surface area (Å²) in [5.41, 5.74) is 2.53. The summed E-state index contributed by atoms with van der Waals surface area (Å²) in [6.07, 6.45) is 4.91. The number of hydrogen-bond acceptors (Lipinski definition) is 5. The molecule has 0 radical (unpaired) electrons. The Morgan fingerprint density at radius 3 is 2.76 bits per heavy atom. The molecule has 0 amide bonds. The van der Waals surface area contributed by atoms with Crippen LogP contribution in [0.25, 0.3) is 0 Å². The number of aliphatic hydroxyl groups is 1. The van der Waals surface area contributed by atoms with Crippen LogP contribution in [-0.4, -0.2) is 24.8 Å². The largest absolute Gasteiger partial charge is 0.388 e. The molecule has 7 heteroatoms. The van der Waals surface area contributed by atoms with E-state index >= 15 is 0 Å². The molecule has 0 fully saturated rings. The molecular formula is C14H18N4O3. The van der Waals surface area contributed by atoms with Crippen LogP contribution >= 0.6 is 0 Å². The third-order valence-electron chi connectivity index (χ3n) is 3.49. The first-order chi connectivity index (χ1) is 9.93. The fourth-order valence-electron chi connectivity index (χ4n) is 2.23. The molecule has 7 nitrogen and oxygen atoms in total. The van der Waals surface area contributed by atoms with Gasteiger partial charge in [-0.25, -0.2) is 0 Å². The second kappa shape index (κ2) is 6.01. The maximum Gasteiger partial charge on any atom is 0.278 e. The number of nitro groups is 1. The first-order valence-electron chi connectivity index (χ1n) is 6.73. The number of hydrogen-bond donors (Lipinski definition) is 1. The first-order valence-corrected chi connectivity index (χ1v) is 6.73. The molecule has 2 aromatic heterocycles. The quantitative estimate of drug-likeness (QED) is 0.673. The summed E-state index contributed by atoms with van der Waals surface area (Å²) >= 11 is 0. The second-order valence-electron chi connectivity index (χ2n) is 5.01. The maximum atomic E-state index is 11.1. The van der Waals surface area contributed by atoms with Crippen LogP contribution in [0.15, 0.2) is 18.6 Å². The molecule has 0 spiro atoms. The Labute approximate surface area is 122 Å². The van der Waals surface area contributed by atoms with E-state index in [2.05, 4.69) is 10.1 Å². The van der Waals surface area contributed by atoms with Gasteiger partial charge >= 0.3 is 0 Å². The molecule has 0 aliphatic heterocycles. The normalized spacial score (nSPS) is 12.4. The van der Waals surface area contributed by atoms with E-state index in [1.165, 1.54) is 6.20 Å². The van der Waals surface area contributed by atoms with Gasteiger partial charge < -0.3 is 5.11 Å². The lowest BCUT2D eigenvalue weighted by atomic mass is 10.1. The van der Waals surface area contributed by atoms with E-state index in [9.17, 15) is 15.2 Å². The van der Waals surface area contributed by atoms with Crippen LogP contribution in [0.1, 0.15) is 41.8 Å². The van der Waals surface area contributed by atoms with Gasteiger partial charge in [-0.1, -0.05) is 6.92 Å². The summed E-state index contributed by atoms with van der Waals surface area (Å²) < 4.78 is 1.63. The summed E-state index contributed by atoms with van der Waals surface area (Å²) in [6.45, 7) is 5.59. The number of aryl methyl sites for hydroxylation is 1. The van der Waals surface area contributed by atoms with Crippen molar-refractivity contribution in [3.63, 3.8) is 0 Å². The van der Waals surface area contributed by atoms with Crippen LogP contribution in [0.5, 0.6) is 0 Å². The van der Waals surface area contributed by atoms with Gasteiger partial charge in [0.1, 0.15) is 0 Å². The highest BCUT2D eigenvalue weighted by Gasteiger charge is 2.19. The zero-order valence-electron chi connectivity index (χ0n) is 12.3. The van der Waals surface area contributed by atoms with Gasteiger partial charge in [0.05, 0.1) is 35.0 Å². The van der Waals surface area contributed by atoms with E-state index in [1.807, 2.05) is 6.92 Å². The summed E-state index contributed by atoms with van der Waals surface area (Å²) in [4.78, 5) is 15.0. The minimum Gasteiger partial charge on any atom is -0.388 e. The van der Waals surface area contributed by atoms with Crippen molar-refractivity contribution in [3.05, 3.63) is 51.1 Å². The molecule has 2 rings (SSSR count). The molecular weight excluding hydrogens is 272 g/mol. The van der Waals surface area contributed by atoms with Gasteiger partial charge in [-0.2, -0.15) is 5.10 Å². The Hall–Kier alpha value is -2.28. The molecule has 1 atom stereocenters. The molecule has 1 unspecified atom stereocenters. The standard InChI is InChI=1S/C14H18N4O3/c1-4-13(19)11-6-16-17(7-11)8-12-10(3)14(18(20)21)9(2)5-15-12/h5-7,13,19H,4,8H2,1-3H3. The molecule has 1 N–H and O–H groups in total. The molecule has 2 aromatic rings. The van der Waals surface area contributed by atoms with Crippen LogP contribution < -0.4 is 0 Å². The maximum absolute atomic E-state index is 11.1. The summed E-state index contributed by atoms with van der Waals surface area (Å²) in [6, 6.07) is 0. The predicted molar refractivity (Wildman–Crippen MR) is 76.9 cm³/mol. The van der Waals surface area contributed by atoms with Gasteiger partial charge in [-0.05, 0) is 20.3 Å². The third kappa shape index (κ3) is 3.08. The monoisotopic (exact) mass is 290 g/mol. The molecule has 0 aliphatic rings.